The quantitative estimate of drug-likeness (QED) is 0.544. The summed E-state index contributed by atoms with van der Waals surface area (Å²) < 4.78 is 0. The standard InChI is InChI=1S/C22H30N6O/c1-6-22(2,3)27-21(29)17-11-12-24-20-18(17)25-19(26-20)15-7-9-16(10-8-15)23-13-14-28(4)5/h7-12,23H,6,13-14H2,1-5H3,(H,27,29)(H,24,25,26). The van der Waals surface area contributed by atoms with Gasteiger partial charge in [-0.05, 0) is 64.7 Å². The van der Waals surface area contributed by atoms with Crippen molar-refractivity contribution in [1.82, 2.24) is 25.2 Å². The molecule has 0 saturated heterocycles. The van der Waals surface area contributed by atoms with E-state index < -0.39 is 0 Å². The molecular formula is C22H30N6O. The minimum atomic E-state index is -0.273. The zero-order chi connectivity index (χ0) is 21.0. The summed E-state index contributed by atoms with van der Waals surface area (Å²) in [6.07, 6.45) is 2.47. The summed E-state index contributed by atoms with van der Waals surface area (Å²) in [5.74, 6) is 0.572. The number of aromatic nitrogens is 3. The molecule has 29 heavy (non-hydrogen) atoms. The summed E-state index contributed by atoms with van der Waals surface area (Å²) in [4.78, 5) is 27.1. The maximum absolute atomic E-state index is 12.8. The molecule has 2 aromatic heterocycles. The van der Waals surface area contributed by atoms with E-state index in [9.17, 15) is 4.79 Å². The van der Waals surface area contributed by atoms with Crippen LogP contribution in [0.1, 0.15) is 37.6 Å². The van der Waals surface area contributed by atoms with E-state index in [2.05, 4.69) is 51.5 Å². The number of aromatic amines is 1. The molecule has 0 atom stereocenters. The van der Waals surface area contributed by atoms with E-state index in [1.165, 1.54) is 0 Å². The van der Waals surface area contributed by atoms with Gasteiger partial charge >= 0.3 is 0 Å². The van der Waals surface area contributed by atoms with Gasteiger partial charge in [0, 0.05) is 36.1 Å². The van der Waals surface area contributed by atoms with Crippen LogP contribution >= 0.6 is 0 Å². The van der Waals surface area contributed by atoms with Crippen LogP contribution in [0.25, 0.3) is 22.6 Å². The predicted molar refractivity (Wildman–Crippen MR) is 118 cm³/mol. The lowest BCUT2D eigenvalue weighted by atomic mass is 10.0. The Morgan fingerprint density at radius 1 is 1.17 bits per heavy atom. The molecule has 1 amide bonds. The zero-order valence-corrected chi connectivity index (χ0v) is 17.8. The van der Waals surface area contributed by atoms with Gasteiger partial charge in [-0.25, -0.2) is 9.97 Å². The summed E-state index contributed by atoms with van der Waals surface area (Å²) in [5.41, 5.74) is 3.48. The molecule has 0 unspecified atom stereocenters. The van der Waals surface area contributed by atoms with Crippen LogP contribution in [0, 0.1) is 0 Å². The minimum absolute atomic E-state index is 0.125. The van der Waals surface area contributed by atoms with E-state index in [0.29, 0.717) is 22.6 Å². The van der Waals surface area contributed by atoms with Crippen LogP contribution in [0.3, 0.4) is 0 Å². The second-order valence-corrected chi connectivity index (χ2v) is 8.14. The van der Waals surface area contributed by atoms with Gasteiger partial charge in [-0.3, -0.25) is 4.79 Å². The maximum Gasteiger partial charge on any atom is 0.254 e. The van der Waals surface area contributed by atoms with Gasteiger partial charge in [0.2, 0.25) is 0 Å². The first kappa shape index (κ1) is 20.8. The average molecular weight is 395 g/mol. The fourth-order valence-corrected chi connectivity index (χ4v) is 2.87. The van der Waals surface area contributed by atoms with Crippen LogP contribution in [-0.4, -0.2) is 58.5 Å². The molecule has 0 aliphatic heterocycles. The van der Waals surface area contributed by atoms with Crippen molar-refractivity contribution in [3.63, 3.8) is 0 Å². The van der Waals surface area contributed by atoms with Crippen LogP contribution in [0.15, 0.2) is 36.5 Å². The van der Waals surface area contributed by atoms with Crippen LogP contribution in [0.2, 0.25) is 0 Å². The molecule has 0 radical (unpaired) electrons. The SMILES string of the molecule is CCC(C)(C)NC(=O)c1ccnc2nc(-c3ccc(NCCN(C)C)cc3)[nH]c12. The molecule has 3 rings (SSSR count). The van der Waals surface area contributed by atoms with Gasteiger partial charge in [-0.2, -0.15) is 0 Å². The summed E-state index contributed by atoms with van der Waals surface area (Å²) in [7, 11) is 4.11. The molecular weight excluding hydrogens is 364 g/mol. The van der Waals surface area contributed by atoms with Crippen molar-refractivity contribution in [1.29, 1.82) is 0 Å². The second-order valence-electron chi connectivity index (χ2n) is 8.14. The number of carbonyl (C=O) groups is 1. The van der Waals surface area contributed by atoms with Gasteiger partial charge in [0.15, 0.2) is 5.65 Å². The number of rotatable bonds is 8. The smallest absolute Gasteiger partial charge is 0.254 e. The molecule has 2 heterocycles. The van der Waals surface area contributed by atoms with Gasteiger partial charge in [-0.1, -0.05) is 6.92 Å². The third-order valence-corrected chi connectivity index (χ3v) is 5.02. The first-order valence-electron chi connectivity index (χ1n) is 9.95. The van der Waals surface area contributed by atoms with Gasteiger partial charge in [0.1, 0.15) is 5.82 Å². The number of carbonyl (C=O) groups excluding carboxylic acids is 1. The fraction of sp³-hybridized carbons (Fsp3) is 0.409. The van der Waals surface area contributed by atoms with E-state index in [1.807, 2.05) is 38.1 Å². The van der Waals surface area contributed by atoms with Crippen LogP contribution in [0.4, 0.5) is 5.69 Å². The number of hydrogen-bond acceptors (Lipinski definition) is 5. The molecule has 7 heteroatoms. The topological polar surface area (TPSA) is 85.9 Å². The Labute approximate surface area is 171 Å². The van der Waals surface area contributed by atoms with Gasteiger partial charge in [0.25, 0.3) is 5.91 Å². The van der Waals surface area contributed by atoms with Gasteiger partial charge < -0.3 is 20.5 Å². The Morgan fingerprint density at radius 3 is 2.55 bits per heavy atom. The Kier molecular flexibility index (Phi) is 6.17. The Bertz CT molecular complexity index is 975. The number of nitrogens with zero attached hydrogens (tertiary/aromatic N) is 3. The van der Waals surface area contributed by atoms with E-state index in [4.69, 9.17) is 0 Å². The summed E-state index contributed by atoms with van der Waals surface area (Å²) in [6, 6.07) is 9.81. The van der Waals surface area contributed by atoms with Gasteiger partial charge in [-0.15, -0.1) is 0 Å². The van der Waals surface area contributed by atoms with Crippen molar-refractivity contribution in [3.05, 3.63) is 42.1 Å². The number of pyridine rings is 1. The highest BCUT2D eigenvalue weighted by molar-refractivity contribution is 6.04. The number of likely N-dealkylation sites (N-methyl/N-ethyl adjacent to an activating group) is 1. The molecule has 0 spiro atoms. The van der Waals surface area contributed by atoms with E-state index in [1.54, 1.807) is 12.3 Å². The number of H-pyrrole nitrogens is 1. The molecule has 0 bridgehead atoms. The Hall–Kier alpha value is -2.93. The molecule has 154 valence electrons. The summed E-state index contributed by atoms with van der Waals surface area (Å²) in [6.45, 7) is 7.92. The highest BCUT2D eigenvalue weighted by atomic mass is 16.1. The zero-order valence-electron chi connectivity index (χ0n) is 17.8. The lowest BCUT2D eigenvalue weighted by molar-refractivity contribution is 0.0912. The molecule has 1 aromatic carbocycles. The Balaban J connectivity index is 1.82. The lowest BCUT2D eigenvalue weighted by Gasteiger charge is -2.24. The average Bonchev–Trinajstić information content (AvgIpc) is 3.12. The third-order valence-electron chi connectivity index (χ3n) is 5.02. The lowest BCUT2D eigenvalue weighted by Crippen LogP contribution is -2.42. The van der Waals surface area contributed by atoms with Crippen molar-refractivity contribution >= 4 is 22.8 Å². The number of anilines is 1. The molecule has 3 aromatic rings. The summed E-state index contributed by atoms with van der Waals surface area (Å²) in [5, 5.41) is 6.47. The van der Waals surface area contributed by atoms with E-state index in [-0.39, 0.29) is 11.4 Å². The highest BCUT2D eigenvalue weighted by Gasteiger charge is 2.21. The summed E-state index contributed by atoms with van der Waals surface area (Å²) >= 11 is 0. The highest BCUT2D eigenvalue weighted by Crippen LogP contribution is 2.23. The van der Waals surface area contributed by atoms with Gasteiger partial charge in [0.05, 0.1) is 11.1 Å². The normalized spacial score (nSPS) is 11.8. The third kappa shape index (κ3) is 5.12. The van der Waals surface area contributed by atoms with E-state index >= 15 is 0 Å². The van der Waals surface area contributed by atoms with Crippen LogP contribution in [-0.2, 0) is 0 Å². The number of imidazole rings is 1. The molecule has 0 aliphatic carbocycles. The number of fused-ring (bicyclic) bond motifs is 1. The van der Waals surface area contributed by atoms with Crippen molar-refractivity contribution in [2.45, 2.75) is 32.7 Å². The number of amides is 1. The largest absolute Gasteiger partial charge is 0.384 e. The Morgan fingerprint density at radius 2 is 1.90 bits per heavy atom. The molecule has 0 saturated carbocycles. The monoisotopic (exact) mass is 394 g/mol. The van der Waals surface area contributed by atoms with Crippen molar-refractivity contribution in [3.8, 4) is 11.4 Å². The van der Waals surface area contributed by atoms with E-state index in [0.717, 1.165) is 30.8 Å². The second kappa shape index (κ2) is 8.61. The van der Waals surface area contributed by atoms with Crippen molar-refractivity contribution < 1.29 is 4.79 Å². The van der Waals surface area contributed by atoms with Crippen molar-refractivity contribution in [2.75, 3.05) is 32.5 Å². The fourth-order valence-electron chi connectivity index (χ4n) is 2.87. The predicted octanol–water partition coefficient (Wildman–Crippen LogP) is 3.52. The van der Waals surface area contributed by atoms with Crippen LogP contribution in [0.5, 0.6) is 0 Å². The van der Waals surface area contributed by atoms with Crippen molar-refractivity contribution in [2.24, 2.45) is 0 Å². The maximum atomic E-state index is 12.8. The first-order chi connectivity index (χ1) is 13.8. The number of nitrogens with one attached hydrogen (secondary N) is 3. The molecule has 7 nitrogen and oxygen atoms in total. The minimum Gasteiger partial charge on any atom is -0.384 e. The molecule has 3 N–H and O–H groups in total. The molecule has 0 fully saturated rings. The van der Waals surface area contributed by atoms with Crippen LogP contribution < -0.4 is 10.6 Å². The first-order valence-corrected chi connectivity index (χ1v) is 9.95. The number of hydrogen-bond donors (Lipinski definition) is 3. The number of benzene rings is 1. The molecule has 0 aliphatic rings.